The third-order valence-corrected chi connectivity index (χ3v) is 2.58. The van der Waals surface area contributed by atoms with E-state index >= 15 is 0 Å². The third kappa shape index (κ3) is 2.82. The minimum atomic E-state index is -0.214. The Morgan fingerprint density at radius 3 is 2.82 bits per heavy atom. The molecule has 1 heterocycles. The van der Waals surface area contributed by atoms with Gasteiger partial charge in [0.15, 0.2) is 5.82 Å². The van der Waals surface area contributed by atoms with E-state index in [0.29, 0.717) is 16.4 Å². The van der Waals surface area contributed by atoms with Gasteiger partial charge in [-0.2, -0.15) is 0 Å². The molecule has 0 spiro atoms. The van der Waals surface area contributed by atoms with Crippen LogP contribution in [0.4, 0.5) is 5.82 Å². The van der Waals surface area contributed by atoms with E-state index in [2.05, 4.69) is 10.3 Å². The lowest BCUT2D eigenvalue weighted by atomic mass is 10.1. The van der Waals surface area contributed by atoms with Crippen molar-refractivity contribution >= 4 is 23.3 Å². The smallest absolute Gasteiger partial charge is 0.256 e. The summed E-state index contributed by atoms with van der Waals surface area (Å²) >= 11 is 5.91. The fourth-order valence-corrected chi connectivity index (χ4v) is 1.61. The Hall–Kier alpha value is -1.87. The van der Waals surface area contributed by atoms with E-state index < -0.39 is 0 Å². The molecule has 0 radical (unpaired) electrons. The molecular formula is C13H11ClN2O. The van der Waals surface area contributed by atoms with Crippen molar-refractivity contribution in [2.75, 3.05) is 5.32 Å². The Kier molecular flexibility index (Phi) is 3.40. The van der Waals surface area contributed by atoms with Gasteiger partial charge in [-0.1, -0.05) is 29.3 Å². The van der Waals surface area contributed by atoms with Crippen LogP contribution in [0, 0.1) is 6.92 Å². The Morgan fingerprint density at radius 1 is 1.29 bits per heavy atom. The van der Waals surface area contributed by atoms with E-state index in [1.54, 1.807) is 24.4 Å². The van der Waals surface area contributed by atoms with Crippen molar-refractivity contribution < 1.29 is 4.79 Å². The molecule has 0 saturated carbocycles. The number of carbonyl (C=O) groups excluding carboxylic acids is 1. The molecule has 0 aliphatic carbocycles. The van der Waals surface area contributed by atoms with Gasteiger partial charge in [-0.05, 0) is 31.2 Å². The lowest BCUT2D eigenvalue weighted by Crippen LogP contribution is -2.13. The number of pyridine rings is 1. The number of rotatable bonds is 2. The van der Waals surface area contributed by atoms with Gasteiger partial charge in [0.1, 0.15) is 0 Å². The van der Waals surface area contributed by atoms with Gasteiger partial charge in [-0.25, -0.2) is 4.98 Å². The zero-order valence-corrected chi connectivity index (χ0v) is 10.0. The van der Waals surface area contributed by atoms with Crippen LogP contribution in [0.5, 0.6) is 0 Å². The zero-order chi connectivity index (χ0) is 12.3. The van der Waals surface area contributed by atoms with Crippen LogP contribution in [0.25, 0.3) is 0 Å². The van der Waals surface area contributed by atoms with Crippen molar-refractivity contribution in [3.8, 4) is 0 Å². The molecule has 86 valence electrons. The van der Waals surface area contributed by atoms with Crippen molar-refractivity contribution in [3.05, 3.63) is 58.7 Å². The maximum absolute atomic E-state index is 11.9. The molecule has 17 heavy (non-hydrogen) atoms. The van der Waals surface area contributed by atoms with Gasteiger partial charge in [-0.3, -0.25) is 4.79 Å². The molecule has 0 saturated heterocycles. The van der Waals surface area contributed by atoms with E-state index in [1.807, 2.05) is 25.1 Å². The van der Waals surface area contributed by atoms with Crippen molar-refractivity contribution in [3.63, 3.8) is 0 Å². The van der Waals surface area contributed by atoms with Gasteiger partial charge in [0, 0.05) is 11.8 Å². The zero-order valence-electron chi connectivity index (χ0n) is 9.27. The first kappa shape index (κ1) is 11.6. The van der Waals surface area contributed by atoms with Gasteiger partial charge in [-0.15, -0.1) is 0 Å². The summed E-state index contributed by atoms with van der Waals surface area (Å²) < 4.78 is 0. The van der Waals surface area contributed by atoms with Gasteiger partial charge < -0.3 is 5.32 Å². The SMILES string of the molecule is Cc1cccc(C(=O)Nc2ncccc2Cl)c1. The van der Waals surface area contributed by atoms with Crippen molar-refractivity contribution in [1.82, 2.24) is 4.98 Å². The van der Waals surface area contributed by atoms with Crippen LogP contribution in [0.2, 0.25) is 5.02 Å². The summed E-state index contributed by atoms with van der Waals surface area (Å²) in [7, 11) is 0. The largest absolute Gasteiger partial charge is 0.305 e. The molecule has 2 rings (SSSR count). The van der Waals surface area contributed by atoms with Crippen LogP contribution in [0.1, 0.15) is 15.9 Å². The number of hydrogen-bond acceptors (Lipinski definition) is 2. The quantitative estimate of drug-likeness (QED) is 0.884. The fraction of sp³-hybridized carbons (Fsp3) is 0.0769. The van der Waals surface area contributed by atoms with Crippen LogP contribution in [-0.4, -0.2) is 10.9 Å². The molecule has 2 aromatic rings. The second-order valence-corrected chi connectivity index (χ2v) is 4.06. The average molecular weight is 247 g/mol. The summed E-state index contributed by atoms with van der Waals surface area (Å²) in [5, 5.41) is 3.10. The highest BCUT2D eigenvalue weighted by atomic mass is 35.5. The fourth-order valence-electron chi connectivity index (χ4n) is 1.44. The van der Waals surface area contributed by atoms with E-state index in [9.17, 15) is 4.79 Å². The van der Waals surface area contributed by atoms with E-state index in [1.165, 1.54) is 0 Å². The number of anilines is 1. The molecule has 0 fully saturated rings. The first-order chi connectivity index (χ1) is 8.16. The first-order valence-electron chi connectivity index (χ1n) is 5.15. The summed E-state index contributed by atoms with van der Waals surface area (Å²) in [6.45, 7) is 1.94. The Balaban J connectivity index is 2.20. The van der Waals surface area contributed by atoms with E-state index in [-0.39, 0.29) is 5.91 Å². The molecule has 3 nitrogen and oxygen atoms in total. The summed E-state index contributed by atoms with van der Waals surface area (Å²) in [6.07, 6.45) is 1.58. The lowest BCUT2D eigenvalue weighted by Gasteiger charge is -2.06. The van der Waals surface area contributed by atoms with Crippen LogP contribution in [-0.2, 0) is 0 Å². The Labute approximate surface area is 104 Å². The molecule has 4 heteroatoms. The predicted molar refractivity (Wildman–Crippen MR) is 68.4 cm³/mol. The second-order valence-electron chi connectivity index (χ2n) is 3.66. The highest BCUT2D eigenvalue weighted by Crippen LogP contribution is 2.18. The highest BCUT2D eigenvalue weighted by Gasteiger charge is 2.08. The van der Waals surface area contributed by atoms with Crippen LogP contribution in [0.15, 0.2) is 42.6 Å². The summed E-state index contributed by atoms with van der Waals surface area (Å²) in [4.78, 5) is 15.9. The van der Waals surface area contributed by atoms with Crippen molar-refractivity contribution in [2.45, 2.75) is 6.92 Å². The molecule has 0 aliphatic rings. The number of nitrogens with one attached hydrogen (secondary N) is 1. The molecule has 0 aliphatic heterocycles. The lowest BCUT2D eigenvalue weighted by molar-refractivity contribution is 0.102. The van der Waals surface area contributed by atoms with E-state index in [0.717, 1.165) is 5.56 Å². The van der Waals surface area contributed by atoms with E-state index in [4.69, 9.17) is 11.6 Å². The van der Waals surface area contributed by atoms with Gasteiger partial charge >= 0.3 is 0 Å². The molecule has 1 aromatic heterocycles. The number of amides is 1. The topological polar surface area (TPSA) is 42.0 Å². The van der Waals surface area contributed by atoms with Gasteiger partial charge in [0.05, 0.1) is 5.02 Å². The maximum atomic E-state index is 11.9. The van der Waals surface area contributed by atoms with Crippen LogP contribution in [0.3, 0.4) is 0 Å². The number of hydrogen-bond donors (Lipinski definition) is 1. The van der Waals surface area contributed by atoms with Crippen LogP contribution < -0.4 is 5.32 Å². The Bertz CT molecular complexity index is 555. The maximum Gasteiger partial charge on any atom is 0.256 e. The number of aromatic nitrogens is 1. The summed E-state index contributed by atoms with van der Waals surface area (Å²) in [5.74, 6) is 0.162. The predicted octanol–water partition coefficient (Wildman–Crippen LogP) is 3.30. The third-order valence-electron chi connectivity index (χ3n) is 2.27. The molecule has 0 atom stereocenters. The summed E-state index contributed by atoms with van der Waals surface area (Å²) in [5.41, 5.74) is 1.62. The average Bonchev–Trinajstić information content (AvgIpc) is 2.32. The van der Waals surface area contributed by atoms with Crippen molar-refractivity contribution in [1.29, 1.82) is 0 Å². The monoisotopic (exact) mass is 246 g/mol. The normalized spacial score (nSPS) is 10.0. The molecule has 1 aromatic carbocycles. The molecular weight excluding hydrogens is 236 g/mol. The molecule has 1 N–H and O–H groups in total. The summed E-state index contributed by atoms with van der Waals surface area (Å²) in [6, 6.07) is 10.7. The number of halogens is 1. The minimum Gasteiger partial charge on any atom is -0.305 e. The highest BCUT2D eigenvalue weighted by molar-refractivity contribution is 6.33. The number of aryl methyl sites for hydroxylation is 1. The molecule has 1 amide bonds. The van der Waals surface area contributed by atoms with Crippen molar-refractivity contribution in [2.24, 2.45) is 0 Å². The Morgan fingerprint density at radius 2 is 2.12 bits per heavy atom. The van der Waals surface area contributed by atoms with Crippen LogP contribution >= 0.6 is 11.6 Å². The van der Waals surface area contributed by atoms with Gasteiger partial charge in [0.25, 0.3) is 5.91 Å². The molecule has 0 unspecified atom stereocenters. The number of nitrogens with zero attached hydrogens (tertiary/aromatic N) is 1. The second kappa shape index (κ2) is 4.97. The van der Waals surface area contributed by atoms with Gasteiger partial charge in [0.2, 0.25) is 0 Å². The number of benzene rings is 1. The standard InChI is InChI=1S/C13H11ClN2O/c1-9-4-2-5-10(8-9)13(17)16-12-11(14)6-3-7-15-12/h2-8H,1H3,(H,15,16,17). The minimum absolute atomic E-state index is 0.214. The first-order valence-corrected chi connectivity index (χ1v) is 5.53. The molecule has 0 bridgehead atoms. The number of carbonyl (C=O) groups is 1.